The number of Topliss-reactive ketones (excluding diaryl/α,β-unsaturated/α-hetero) is 1. The van der Waals surface area contributed by atoms with Gasteiger partial charge in [-0.15, -0.1) is 6.58 Å². The van der Waals surface area contributed by atoms with Gasteiger partial charge in [0.1, 0.15) is 5.78 Å². The Kier molecular flexibility index (Phi) is 7.66. The topological polar surface area (TPSA) is 17.1 Å². The van der Waals surface area contributed by atoms with Crippen LogP contribution in [0, 0.1) is 0 Å². The zero-order valence-corrected chi connectivity index (χ0v) is 9.07. The van der Waals surface area contributed by atoms with E-state index in [9.17, 15) is 4.79 Å². The van der Waals surface area contributed by atoms with E-state index in [4.69, 9.17) is 0 Å². The fraction of sp³-hybridized carbons (Fsp3) is 0.750. The summed E-state index contributed by atoms with van der Waals surface area (Å²) >= 11 is 0. The molecule has 0 N–H and O–H groups in total. The Hall–Kier alpha value is -0.590. The highest BCUT2D eigenvalue weighted by atomic mass is 16.1. The summed E-state index contributed by atoms with van der Waals surface area (Å²) in [6.07, 6.45) is 7.10. The molecule has 1 nitrogen and oxygen atoms in total. The number of ketones is 1. The molecule has 0 unspecified atom stereocenters. The van der Waals surface area contributed by atoms with Crippen LogP contribution in [-0.4, -0.2) is 5.78 Å². The fourth-order valence-corrected chi connectivity index (χ4v) is 1.23. The van der Waals surface area contributed by atoms with Crippen LogP contribution in [0.3, 0.4) is 0 Å². The van der Waals surface area contributed by atoms with Gasteiger partial charge < -0.3 is 0 Å². The highest BCUT2D eigenvalue weighted by Crippen LogP contribution is 2.07. The van der Waals surface area contributed by atoms with Crippen LogP contribution in [0.1, 0.15) is 58.8 Å². The third kappa shape index (κ3) is 9.32. The van der Waals surface area contributed by atoms with E-state index in [0.29, 0.717) is 12.2 Å². The lowest BCUT2D eigenvalue weighted by Crippen LogP contribution is -1.97. The second kappa shape index (κ2) is 8.03. The maximum absolute atomic E-state index is 11.3. The summed E-state index contributed by atoms with van der Waals surface area (Å²) in [5, 5.41) is 0. The summed E-state index contributed by atoms with van der Waals surface area (Å²) in [6.45, 7) is 7.94. The highest BCUT2D eigenvalue weighted by molar-refractivity contribution is 5.78. The normalized spacial score (nSPS) is 10.0. The Morgan fingerprint density at radius 1 is 1.08 bits per heavy atom. The summed E-state index contributed by atoms with van der Waals surface area (Å²) < 4.78 is 0. The molecule has 13 heavy (non-hydrogen) atoms. The van der Waals surface area contributed by atoms with Crippen LogP contribution < -0.4 is 0 Å². The molecule has 76 valence electrons. The molecule has 0 saturated carbocycles. The number of carbonyl (C=O) groups is 1. The van der Waals surface area contributed by atoms with E-state index in [0.717, 1.165) is 24.8 Å². The Labute approximate surface area is 82.2 Å². The number of allylic oxidation sites excluding steroid dienone is 1. The minimum atomic E-state index is 0.402. The van der Waals surface area contributed by atoms with E-state index in [2.05, 4.69) is 13.5 Å². The third-order valence-corrected chi connectivity index (χ3v) is 2.14. The minimum absolute atomic E-state index is 0.402. The van der Waals surface area contributed by atoms with Gasteiger partial charge in [-0.25, -0.2) is 0 Å². The summed E-state index contributed by atoms with van der Waals surface area (Å²) in [4.78, 5) is 11.3. The molecular weight excluding hydrogens is 160 g/mol. The Morgan fingerprint density at radius 3 is 2.31 bits per heavy atom. The third-order valence-electron chi connectivity index (χ3n) is 2.14. The van der Waals surface area contributed by atoms with E-state index in [-0.39, 0.29) is 0 Å². The van der Waals surface area contributed by atoms with Crippen molar-refractivity contribution in [2.24, 2.45) is 0 Å². The van der Waals surface area contributed by atoms with Gasteiger partial charge in [0.05, 0.1) is 0 Å². The van der Waals surface area contributed by atoms with Gasteiger partial charge in [0.25, 0.3) is 0 Å². The second-order valence-electron chi connectivity index (χ2n) is 3.81. The molecule has 0 heterocycles. The van der Waals surface area contributed by atoms with Crippen LogP contribution in [0.25, 0.3) is 0 Å². The number of hydrogen-bond acceptors (Lipinski definition) is 1. The van der Waals surface area contributed by atoms with Crippen LogP contribution in [0.2, 0.25) is 0 Å². The molecule has 0 radical (unpaired) electrons. The first kappa shape index (κ1) is 12.4. The van der Waals surface area contributed by atoms with Gasteiger partial charge >= 0.3 is 0 Å². The second-order valence-corrected chi connectivity index (χ2v) is 3.81. The maximum Gasteiger partial charge on any atom is 0.133 e. The molecule has 0 aromatic heterocycles. The van der Waals surface area contributed by atoms with Gasteiger partial charge in [-0.05, 0) is 19.8 Å². The molecule has 0 bridgehead atoms. The number of rotatable bonds is 8. The van der Waals surface area contributed by atoms with Gasteiger partial charge in [0.2, 0.25) is 0 Å². The van der Waals surface area contributed by atoms with Gasteiger partial charge in [0, 0.05) is 12.8 Å². The van der Waals surface area contributed by atoms with Crippen molar-refractivity contribution in [1.82, 2.24) is 0 Å². The monoisotopic (exact) mass is 182 g/mol. The van der Waals surface area contributed by atoms with E-state index in [1.807, 2.05) is 6.92 Å². The SMILES string of the molecule is C=C(C)CCC(=O)CCCCCC. The first-order valence-corrected chi connectivity index (χ1v) is 5.33. The van der Waals surface area contributed by atoms with Crippen molar-refractivity contribution < 1.29 is 4.79 Å². The zero-order chi connectivity index (χ0) is 10.1. The van der Waals surface area contributed by atoms with E-state index in [1.165, 1.54) is 19.3 Å². The molecule has 0 aliphatic carbocycles. The molecule has 1 heteroatoms. The molecule has 0 atom stereocenters. The summed E-state index contributed by atoms with van der Waals surface area (Å²) in [5.41, 5.74) is 1.11. The lowest BCUT2D eigenvalue weighted by molar-refractivity contribution is -0.119. The Balaban J connectivity index is 3.25. The van der Waals surface area contributed by atoms with Gasteiger partial charge in [0.15, 0.2) is 0 Å². The van der Waals surface area contributed by atoms with Crippen molar-refractivity contribution in [3.8, 4) is 0 Å². The summed E-state index contributed by atoms with van der Waals surface area (Å²) in [5.74, 6) is 0.402. The molecule has 0 fully saturated rings. The average Bonchev–Trinajstić information content (AvgIpc) is 2.09. The quantitative estimate of drug-likeness (QED) is 0.411. The predicted molar refractivity (Wildman–Crippen MR) is 57.8 cm³/mol. The van der Waals surface area contributed by atoms with Crippen LogP contribution in [0.5, 0.6) is 0 Å². The standard InChI is InChI=1S/C12H22O/c1-4-5-6-7-8-12(13)10-9-11(2)3/h2,4-10H2,1,3H3. The van der Waals surface area contributed by atoms with Crippen molar-refractivity contribution >= 4 is 5.78 Å². The Bertz CT molecular complexity index is 159. The Morgan fingerprint density at radius 2 is 1.77 bits per heavy atom. The van der Waals surface area contributed by atoms with E-state index < -0.39 is 0 Å². The van der Waals surface area contributed by atoms with Crippen LogP contribution in [-0.2, 0) is 4.79 Å². The largest absolute Gasteiger partial charge is 0.300 e. The summed E-state index contributed by atoms with van der Waals surface area (Å²) in [7, 11) is 0. The molecule has 0 amide bonds. The molecule has 0 rings (SSSR count). The number of carbonyl (C=O) groups excluding carboxylic acids is 1. The van der Waals surface area contributed by atoms with Crippen molar-refractivity contribution in [3.63, 3.8) is 0 Å². The predicted octanol–water partition coefficient (Wildman–Crippen LogP) is 3.88. The van der Waals surface area contributed by atoms with Crippen LogP contribution >= 0.6 is 0 Å². The first-order valence-electron chi connectivity index (χ1n) is 5.33. The molecular formula is C12H22O. The van der Waals surface area contributed by atoms with Crippen molar-refractivity contribution in [3.05, 3.63) is 12.2 Å². The molecule has 0 aliphatic rings. The molecule has 0 aromatic rings. The van der Waals surface area contributed by atoms with Crippen LogP contribution in [0.15, 0.2) is 12.2 Å². The molecule has 0 aromatic carbocycles. The van der Waals surface area contributed by atoms with E-state index >= 15 is 0 Å². The first-order chi connectivity index (χ1) is 6.16. The average molecular weight is 182 g/mol. The smallest absolute Gasteiger partial charge is 0.133 e. The number of unbranched alkanes of at least 4 members (excludes halogenated alkanes) is 3. The lowest BCUT2D eigenvalue weighted by Gasteiger charge is -2.00. The van der Waals surface area contributed by atoms with Gasteiger partial charge in [-0.3, -0.25) is 4.79 Å². The fourth-order valence-electron chi connectivity index (χ4n) is 1.23. The molecule has 0 aliphatic heterocycles. The molecule has 0 saturated heterocycles. The van der Waals surface area contributed by atoms with Crippen molar-refractivity contribution in [1.29, 1.82) is 0 Å². The zero-order valence-electron chi connectivity index (χ0n) is 9.07. The van der Waals surface area contributed by atoms with Gasteiger partial charge in [-0.2, -0.15) is 0 Å². The number of hydrogen-bond donors (Lipinski definition) is 0. The van der Waals surface area contributed by atoms with Gasteiger partial charge in [-0.1, -0.05) is 31.8 Å². The lowest BCUT2D eigenvalue weighted by atomic mass is 10.1. The van der Waals surface area contributed by atoms with Crippen LogP contribution in [0.4, 0.5) is 0 Å². The molecule has 0 spiro atoms. The maximum atomic E-state index is 11.3. The highest BCUT2D eigenvalue weighted by Gasteiger charge is 2.00. The summed E-state index contributed by atoms with van der Waals surface area (Å²) in [6, 6.07) is 0. The van der Waals surface area contributed by atoms with Crippen molar-refractivity contribution in [2.75, 3.05) is 0 Å². The van der Waals surface area contributed by atoms with E-state index in [1.54, 1.807) is 0 Å². The minimum Gasteiger partial charge on any atom is -0.300 e. The van der Waals surface area contributed by atoms with Crippen molar-refractivity contribution in [2.45, 2.75) is 58.8 Å².